The Kier molecular flexibility index (Phi) is 6.47. The largest absolute Gasteiger partial charge is 0.352 e. The van der Waals surface area contributed by atoms with Crippen LogP contribution in [0.1, 0.15) is 72.6 Å². The summed E-state index contributed by atoms with van der Waals surface area (Å²) in [5.41, 5.74) is -0.771. The Hall–Kier alpha value is -1.59. The van der Waals surface area contributed by atoms with Gasteiger partial charge in [-0.2, -0.15) is 0 Å². The molecule has 1 spiro atoms. The van der Waals surface area contributed by atoms with Crippen molar-refractivity contribution in [1.82, 2.24) is 15.5 Å². The second-order valence-electron chi connectivity index (χ2n) is 8.38. The van der Waals surface area contributed by atoms with Crippen LogP contribution in [0, 0.1) is 11.8 Å². The monoisotopic (exact) mass is 351 g/mol. The highest BCUT2D eigenvalue weighted by Crippen LogP contribution is 2.36. The van der Waals surface area contributed by atoms with Gasteiger partial charge >= 0.3 is 6.03 Å². The van der Waals surface area contributed by atoms with E-state index in [-0.39, 0.29) is 24.4 Å². The van der Waals surface area contributed by atoms with Crippen LogP contribution in [0.5, 0.6) is 0 Å². The summed E-state index contributed by atoms with van der Waals surface area (Å²) < 4.78 is 0. The number of nitrogens with zero attached hydrogens (tertiary/aromatic N) is 1. The number of nitrogens with one attached hydrogen (secondary N) is 2. The van der Waals surface area contributed by atoms with E-state index in [0.29, 0.717) is 24.7 Å². The van der Waals surface area contributed by atoms with Crippen LogP contribution in [0.25, 0.3) is 0 Å². The fourth-order valence-electron chi connectivity index (χ4n) is 3.78. The molecule has 0 aromatic heterocycles. The summed E-state index contributed by atoms with van der Waals surface area (Å²) >= 11 is 0. The highest BCUT2D eigenvalue weighted by Gasteiger charge is 2.52. The molecule has 6 nitrogen and oxygen atoms in total. The lowest BCUT2D eigenvalue weighted by atomic mass is 9.77. The number of amides is 4. The zero-order valence-electron chi connectivity index (χ0n) is 16.1. The van der Waals surface area contributed by atoms with Crippen molar-refractivity contribution in [1.29, 1.82) is 0 Å². The minimum Gasteiger partial charge on any atom is -0.352 e. The maximum atomic E-state index is 12.7. The molecule has 0 unspecified atom stereocenters. The molecule has 2 N–H and O–H groups in total. The van der Waals surface area contributed by atoms with Crippen LogP contribution in [0.15, 0.2) is 0 Å². The smallest absolute Gasteiger partial charge is 0.325 e. The average Bonchev–Trinajstić information content (AvgIpc) is 2.74. The first-order valence-corrected chi connectivity index (χ1v) is 9.67. The second-order valence-corrected chi connectivity index (χ2v) is 8.38. The number of rotatable bonds is 7. The molecule has 1 saturated heterocycles. The van der Waals surface area contributed by atoms with Crippen molar-refractivity contribution in [2.45, 2.75) is 84.2 Å². The molecule has 0 aromatic carbocycles. The zero-order chi connectivity index (χ0) is 18.6. The van der Waals surface area contributed by atoms with Gasteiger partial charge in [-0.1, -0.05) is 33.6 Å². The SMILES string of the molecule is CC(C)CCC[C@@H](C)NC(=O)CN1C(=O)NC2(CCC(C)CC2)C1=O. The number of carbonyl (C=O) groups excluding carboxylic acids is 3. The third-order valence-electron chi connectivity index (χ3n) is 5.50. The first-order chi connectivity index (χ1) is 11.7. The minimum atomic E-state index is -0.771. The van der Waals surface area contributed by atoms with Gasteiger partial charge in [0.1, 0.15) is 12.1 Å². The van der Waals surface area contributed by atoms with Gasteiger partial charge in [0.25, 0.3) is 5.91 Å². The molecule has 1 heterocycles. The van der Waals surface area contributed by atoms with Crippen LogP contribution in [0.3, 0.4) is 0 Å². The van der Waals surface area contributed by atoms with Crippen molar-refractivity contribution in [3.8, 4) is 0 Å². The van der Waals surface area contributed by atoms with E-state index in [1.165, 1.54) is 0 Å². The molecule has 2 rings (SSSR count). The van der Waals surface area contributed by atoms with Gasteiger partial charge in [0.05, 0.1) is 0 Å². The van der Waals surface area contributed by atoms with Gasteiger partial charge in [0.2, 0.25) is 5.91 Å². The summed E-state index contributed by atoms with van der Waals surface area (Å²) in [6.07, 6.45) is 6.30. The van der Waals surface area contributed by atoms with Crippen LogP contribution in [-0.4, -0.2) is 40.9 Å². The van der Waals surface area contributed by atoms with Crippen molar-refractivity contribution in [2.24, 2.45) is 11.8 Å². The molecule has 4 amide bonds. The van der Waals surface area contributed by atoms with Gasteiger partial charge < -0.3 is 10.6 Å². The van der Waals surface area contributed by atoms with Crippen molar-refractivity contribution in [3.63, 3.8) is 0 Å². The Bertz CT molecular complexity index is 510. The van der Waals surface area contributed by atoms with E-state index in [1.807, 2.05) is 6.92 Å². The molecule has 1 aliphatic carbocycles. The molecule has 1 atom stereocenters. The van der Waals surface area contributed by atoms with E-state index < -0.39 is 11.6 Å². The average molecular weight is 351 g/mol. The lowest BCUT2D eigenvalue weighted by molar-refractivity contribution is -0.136. The number of imide groups is 1. The molecular formula is C19H33N3O3. The lowest BCUT2D eigenvalue weighted by Gasteiger charge is -2.33. The maximum absolute atomic E-state index is 12.7. The number of urea groups is 1. The molecule has 6 heteroatoms. The van der Waals surface area contributed by atoms with Gasteiger partial charge in [0, 0.05) is 6.04 Å². The highest BCUT2D eigenvalue weighted by molar-refractivity contribution is 6.09. The summed E-state index contributed by atoms with van der Waals surface area (Å²) in [5, 5.41) is 5.76. The normalized spacial score (nSPS) is 27.7. The van der Waals surface area contributed by atoms with Crippen molar-refractivity contribution >= 4 is 17.8 Å². The zero-order valence-corrected chi connectivity index (χ0v) is 16.1. The first-order valence-electron chi connectivity index (χ1n) is 9.67. The Morgan fingerprint density at radius 2 is 1.88 bits per heavy atom. The highest BCUT2D eigenvalue weighted by atomic mass is 16.2. The van der Waals surface area contributed by atoms with Crippen LogP contribution >= 0.6 is 0 Å². The van der Waals surface area contributed by atoms with Crippen molar-refractivity contribution < 1.29 is 14.4 Å². The molecule has 25 heavy (non-hydrogen) atoms. The standard InChI is InChI=1S/C19H33N3O3/c1-13(2)6-5-7-15(4)20-16(23)12-22-17(24)19(21-18(22)25)10-8-14(3)9-11-19/h13-15H,5-12H2,1-4H3,(H,20,23)(H,21,25)/t14?,15-,19?/m1/s1. The lowest BCUT2D eigenvalue weighted by Crippen LogP contribution is -2.50. The summed E-state index contributed by atoms with van der Waals surface area (Å²) in [4.78, 5) is 38.3. The summed E-state index contributed by atoms with van der Waals surface area (Å²) in [6.45, 7) is 8.32. The predicted molar refractivity (Wildman–Crippen MR) is 96.9 cm³/mol. The van der Waals surface area contributed by atoms with Crippen LogP contribution in [0.4, 0.5) is 4.79 Å². The van der Waals surface area contributed by atoms with Gasteiger partial charge in [-0.05, 0) is 50.9 Å². The number of carbonyl (C=O) groups is 3. The molecule has 0 radical (unpaired) electrons. The molecule has 1 aliphatic heterocycles. The Labute approximate surface area is 151 Å². The first kappa shape index (κ1) is 19.7. The van der Waals surface area contributed by atoms with Gasteiger partial charge in [-0.25, -0.2) is 4.79 Å². The summed E-state index contributed by atoms with van der Waals surface area (Å²) in [5.74, 6) is 0.747. The predicted octanol–water partition coefficient (Wildman–Crippen LogP) is 2.82. The van der Waals surface area contributed by atoms with Crippen LogP contribution in [-0.2, 0) is 9.59 Å². The topological polar surface area (TPSA) is 78.5 Å². The van der Waals surface area contributed by atoms with E-state index in [9.17, 15) is 14.4 Å². The van der Waals surface area contributed by atoms with E-state index in [0.717, 1.165) is 37.0 Å². The molecular weight excluding hydrogens is 318 g/mol. The van der Waals surface area contributed by atoms with Crippen LogP contribution in [0.2, 0.25) is 0 Å². The van der Waals surface area contributed by atoms with Crippen LogP contribution < -0.4 is 10.6 Å². The van der Waals surface area contributed by atoms with E-state index in [4.69, 9.17) is 0 Å². The Morgan fingerprint density at radius 3 is 2.48 bits per heavy atom. The van der Waals surface area contributed by atoms with E-state index in [1.54, 1.807) is 0 Å². The molecule has 142 valence electrons. The van der Waals surface area contributed by atoms with Gasteiger partial charge in [-0.3, -0.25) is 14.5 Å². The number of hydrogen-bond donors (Lipinski definition) is 2. The second kappa shape index (κ2) is 8.19. The number of hydrogen-bond acceptors (Lipinski definition) is 3. The fraction of sp³-hybridized carbons (Fsp3) is 0.842. The third kappa shape index (κ3) is 4.95. The maximum Gasteiger partial charge on any atom is 0.325 e. The van der Waals surface area contributed by atoms with E-state index >= 15 is 0 Å². The van der Waals surface area contributed by atoms with Crippen molar-refractivity contribution in [3.05, 3.63) is 0 Å². The summed E-state index contributed by atoms with van der Waals surface area (Å²) in [7, 11) is 0. The third-order valence-corrected chi connectivity index (χ3v) is 5.50. The summed E-state index contributed by atoms with van der Waals surface area (Å²) in [6, 6.07) is -0.376. The molecule has 0 aromatic rings. The Morgan fingerprint density at radius 1 is 1.24 bits per heavy atom. The molecule has 1 saturated carbocycles. The Balaban J connectivity index is 1.84. The van der Waals surface area contributed by atoms with Gasteiger partial charge in [0.15, 0.2) is 0 Å². The fourth-order valence-corrected chi connectivity index (χ4v) is 3.78. The van der Waals surface area contributed by atoms with Crippen molar-refractivity contribution in [2.75, 3.05) is 6.54 Å². The minimum absolute atomic E-state index is 0.0523. The molecule has 2 aliphatic rings. The molecule has 0 bridgehead atoms. The van der Waals surface area contributed by atoms with E-state index in [2.05, 4.69) is 31.4 Å². The molecule has 2 fully saturated rings. The van der Waals surface area contributed by atoms with Gasteiger partial charge in [-0.15, -0.1) is 0 Å². The quantitative estimate of drug-likeness (QED) is 0.692.